The van der Waals surface area contributed by atoms with Gasteiger partial charge in [-0.3, -0.25) is 0 Å². The van der Waals surface area contributed by atoms with Gasteiger partial charge in [0.2, 0.25) is 0 Å². The van der Waals surface area contributed by atoms with Crippen molar-refractivity contribution in [1.29, 1.82) is 0 Å². The van der Waals surface area contributed by atoms with Crippen molar-refractivity contribution in [2.45, 2.75) is 25.2 Å². The molecular weight excluding hydrogens is 232 g/mol. The highest BCUT2D eigenvalue weighted by atomic mass is 35.5. The van der Waals surface area contributed by atoms with E-state index >= 15 is 0 Å². The van der Waals surface area contributed by atoms with E-state index in [1.54, 1.807) is 0 Å². The molecule has 1 fully saturated rings. The molecule has 1 aromatic carbocycles. The minimum atomic E-state index is 0.683. The fraction of sp³-hybridized carbons (Fsp3) is 0.571. The molecule has 1 aliphatic rings. The Morgan fingerprint density at radius 3 is 2.71 bits per heavy atom. The Balaban J connectivity index is 1.86. The van der Waals surface area contributed by atoms with Crippen LogP contribution < -0.4 is 5.73 Å². The summed E-state index contributed by atoms with van der Waals surface area (Å²) in [6.07, 6.45) is 3.59. The molecule has 1 saturated heterocycles. The van der Waals surface area contributed by atoms with Crippen molar-refractivity contribution >= 4 is 11.6 Å². The van der Waals surface area contributed by atoms with Gasteiger partial charge in [0, 0.05) is 5.02 Å². The molecule has 94 valence electrons. The Morgan fingerprint density at radius 2 is 2.06 bits per heavy atom. The lowest BCUT2D eigenvalue weighted by atomic mass is 9.89. The van der Waals surface area contributed by atoms with E-state index in [0.717, 1.165) is 24.5 Å². The summed E-state index contributed by atoms with van der Waals surface area (Å²) in [5.74, 6) is 0.683. The van der Waals surface area contributed by atoms with E-state index in [9.17, 15) is 0 Å². The van der Waals surface area contributed by atoms with Gasteiger partial charge in [-0.15, -0.1) is 0 Å². The van der Waals surface area contributed by atoms with Crippen LogP contribution in [0, 0.1) is 0 Å². The minimum absolute atomic E-state index is 0.683. The second kappa shape index (κ2) is 6.39. The van der Waals surface area contributed by atoms with E-state index in [1.165, 1.54) is 31.5 Å². The SMILES string of the molecule is NCCCN1CCC(c2cccc(Cl)c2)CC1. The summed E-state index contributed by atoms with van der Waals surface area (Å²) in [4.78, 5) is 2.52. The number of nitrogens with zero attached hydrogens (tertiary/aromatic N) is 1. The van der Waals surface area contributed by atoms with Crippen LogP contribution in [0.3, 0.4) is 0 Å². The number of likely N-dealkylation sites (tertiary alicyclic amines) is 1. The third-order valence-electron chi connectivity index (χ3n) is 3.59. The van der Waals surface area contributed by atoms with Gasteiger partial charge >= 0.3 is 0 Å². The molecule has 0 radical (unpaired) electrons. The van der Waals surface area contributed by atoms with E-state index in [1.807, 2.05) is 6.07 Å². The van der Waals surface area contributed by atoms with Crippen LogP contribution >= 0.6 is 11.6 Å². The van der Waals surface area contributed by atoms with Crippen molar-refractivity contribution in [2.24, 2.45) is 5.73 Å². The number of rotatable bonds is 4. The molecule has 2 nitrogen and oxygen atoms in total. The number of benzene rings is 1. The second-order valence-electron chi connectivity index (χ2n) is 4.81. The smallest absolute Gasteiger partial charge is 0.0408 e. The van der Waals surface area contributed by atoms with Gasteiger partial charge in [0.15, 0.2) is 0 Å². The van der Waals surface area contributed by atoms with Crippen LogP contribution in [0.25, 0.3) is 0 Å². The van der Waals surface area contributed by atoms with Crippen LogP contribution in [0.4, 0.5) is 0 Å². The molecular formula is C14H21ClN2. The maximum absolute atomic E-state index is 6.04. The van der Waals surface area contributed by atoms with Crippen LogP contribution in [0.2, 0.25) is 5.02 Å². The van der Waals surface area contributed by atoms with Crippen LogP contribution in [-0.4, -0.2) is 31.1 Å². The summed E-state index contributed by atoms with van der Waals surface area (Å²) < 4.78 is 0. The van der Waals surface area contributed by atoms with Crippen molar-refractivity contribution in [3.63, 3.8) is 0 Å². The number of hydrogen-bond acceptors (Lipinski definition) is 2. The summed E-state index contributed by atoms with van der Waals surface area (Å²) in [6, 6.07) is 8.31. The third kappa shape index (κ3) is 3.70. The fourth-order valence-corrected chi connectivity index (χ4v) is 2.76. The van der Waals surface area contributed by atoms with Gasteiger partial charge in [0.25, 0.3) is 0 Å². The standard InChI is InChI=1S/C14H21ClN2/c15-14-4-1-3-13(11-14)12-5-9-17(10-6-12)8-2-7-16/h1,3-4,11-12H,2,5-10,16H2. The zero-order valence-electron chi connectivity index (χ0n) is 10.2. The number of halogens is 1. The van der Waals surface area contributed by atoms with Crippen molar-refractivity contribution in [2.75, 3.05) is 26.2 Å². The first kappa shape index (κ1) is 12.9. The molecule has 0 atom stereocenters. The van der Waals surface area contributed by atoms with E-state index in [2.05, 4.69) is 23.1 Å². The predicted octanol–water partition coefficient (Wildman–Crippen LogP) is 2.87. The summed E-state index contributed by atoms with van der Waals surface area (Å²) in [6.45, 7) is 4.33. The average molecular weight is 253 g/mol. The van der Waals surface area contributed by atoms with E-state index < -0.39 is 0 Å². The van der Waals surface area contributed by atoms with Crippen LogP contribution in [-0.2, 0) is 0 Å². The highest BCUT2D eigenvalue weighted by Gasteiger charge is 2.20. The number of hydrogen-bond donors (Lipinski definition) is 1. The summed E-state index contributed by atoms with van der Waals surface area (Å²) >= 11 is 6.04. The highest BCUT2D eigenvalue weighted by molar-refractivity contribution is 6.30. The lowest BCUT2D eigenvalue weighted by molar-refractivity contribution is 0.211. The molecule has 0 spiro atoms. The van der Waals surface area contributed by atoms with Gasteiger partial charge in [-0.05, 0) is 69.1 Å². The fourth-order valence-electron chi connectivity index (χ4n) is 2.57. The normalized spacial score (nSPS) is 18.5. The van der Waals surface area contributed by atoms with Gasteiger partial charge in [0.05, 0.1) is 0 Å². The van der Waals surface area contributed by atoms with Crippen LogP contribution in [0.15, 0.2) is 24.3 Å². The molecule has 0 aromatic heterocycles. The molecule has 1 aliphatic heterocycles. The molecule has 0 aliphatic carbocycles. The minimum Gasteiger partial charge on any atom is -0.330 e. The summed E-state index contributed by atoms with van der Waals surface area (Å²) in [7, 11) is 0. The van der Waals surface area contributed by atoms with E-state index in [-0.39, 0.29) is 0 Å². The first-order chi connectivity index (χ1) is 8.29. The monoisotopic (exact) mass is 252 g/mol. The molecule has 0 unspecified atom stereocenters. The van der Waals surface area contributed by atoms with Gasteiger partial charge < -0.3 is 10.6 Å². The van der Waals surface area contributed by atoms with Crippen molar-refractivity contribution in [3.05, 3.63) is 34.9 Å². The molecule has 2 rings (SSSR count). The first-order valence-corrected chi connectivity index (χ1v) is 6.85. The molecule has 0 saturated carbocycles. The van der Waals surface area contributed by atoms with Gasteiger partial charge in [-0.25, -0.2) is 0 Å². The third-order valence-corrected chi connectivity index (χ3v) is 3.82. The van der Waals surface area contributed by atoms with Gasteiger partial charge in [-0.1, -0.05) is 23.7 Å². The maximum Gasteiger partial charge on any atom is 0.0408 e. The van der Waals surface area contributed by atoms with E-state index in [0.29, 0.717) is 5.92 Å². The Kier molecular flexibility index (Phi) is 4.84. The lowest BCUT2D eigenvalue weighted by Crippen LogP contribution is -2.34. The van der Waals surface area contributed by atoms with Gasteiger partial charge in [-0.2, -0.15) is 0 Å². The second-order valence-corrected chi connectivity index (χ2v) is 5.25. The molecule has 17 heavy (non-hydrogen) atoms. The summed E-state index contributed by atoms with van der Waals surface area (Å²) in [5, 5.41) is 0.855. The average Bonchev–Trinajstić information content (AvgIpc) is 2.37. The van der Waals surface area contributed by atoms with Crippen LogP contribution in [0.1, 0.15) is 30.7 Å². The number of piperidine rings is 1. The molecule has 1 aromatic rings. The van der Waals surface area contributed by atoms with Crippen LogP contribution in [0.5, 0.6) is 0 Å². The van der Waals surface area contributed by atoms with Crippen molar-refractivity contribution in [3.8, 4) is 0 Å². The zero-order valence-corrected chi connectivity index (χ0v) is 11.0. The molecule has 1 heterocycles. The first-order valence-electron chi connectivity index (χ1n) is 6.47. The highest BCUT2D eigenvalue weighted by Crippen LogP contribution is 2.29. The Labute approximate surface area is 109 Å². The molecule has 0 amide bonds. The number of nitrogens with two attached hydrogens (primary N) is 1. The largest absolute Gasteiger partial charge is 0.330 e. The lowest BCUT2D eigenvalue weighted by Gasteiger charge is -2.32. The summed E-state index contributed by atoms with van der Waals surface area (Å²) in [5.41, 5.74) is 6.94. The quantitative estimate of drug-likeness (QED) is 0.893. The molecule has 3 heteroatoms. The topological polar surface area (TPSA) is 29.3 Å². The molecule has 0 bridgehead atoms. The van der Waals surface area contributed by atoms with E-state index in [4.69, 9.17) is 17.3 Å². The Hall–Kier alpha value is -0.570. The Morgan fingerprint density at radius 1 is 1.29 bits per heavy atom. The zero-order chi connectivity index (χ0) is 12.1. The maximum atomic E-state index is 6.04. The predicted molar refractivity (Wildman–Crippen MR) is 73.5 cm³/mol. The van der Waals surface area contributed by atoms with Crippen molar-refractivity contribution < 1.29 is 0 Å². The molecule has 2 N–H and O–H groups in total. The van der Waals surface area contributed by atoms with Crippen molar-refractivity contribution in [1.82, 2.24) is 4.90 Å². The Bertz CT molecular complexity index is 346. The van der Waals surface area contributed by atoms with Gasteiger partial charge in [0.1, 0.15) is 0 Å².